The predicted octanol–water partition coefficient (Wildman–Crippen LogP) is 3.99. The summed E-state index contributed by atoms with van der Waals surface area (Å²) < 4.78 is 1.99. The fourth-order valence-electron chi connectivity index (χ4n) is 3.46. The van der Waals surface area contributed by atoms with Crippen molar-refractivity contribution in [2.75, 3.05) is 19.0 Å². The van der Waals surface area contributed by atoms with Crippen LogP contribution in [0.2, 0.25) is 0 Å². The number of rotatable bonds is 6. The van der Waals surface area contributed by atoms with Gasteiger partial charge in [-0.05, 0) is 31.4 Å². The van der Waals surface area contributed by atoms with Crippen molar-refractivity contribution in [1.29, 1.82) is 0 Å². The van der Waals surface area contributed by atoms with Gasteiger partial charge in [-0.2, -0.15) is 0 Å². The maximum Gasteiger partial charge on any atom is 0.159 e. The Labute approximate surface area is 160 Å². The highest BCUT2D eigenvalue weighted by atomic mass is 16.3. The number of aliphatic hydroxyl groups excluding tert-OH is 1. The molecule has 3 aromatic heterocycles. The number of aliphatic hydroxyl groups is 1. The van der Waals surface area contributed by atoms with Crippen LogP contribution in [0.25, 0.3) is 22.4 Å². The Bertz CT molecular complexity index is 957. The van der Waals surface area contributed by atoms with Crippen LogP contribution in [0.15, 0.2) is 18.3 Å². The van der Waals surface area contributed by atoms with Crippen molar-refractivity contribution in [1.82, 2.24) is 19.5 Å². The molecule has 0 unspecified atom stereocenters. The number of nitrogens with zero attached hydrogens (tertiary/aromatic N) is 4. The van der Waals surface area contributed by atoms with E-state index in [0.29, 0.717) is 5.92 Å². The zero-order chi connectivity index (χ0) is 19.7. The van der Waals surface area contributed by atoms with Crippen LogP contribution in [0.3, 0.4) is 0 Å². The molecular weight excluding hydrogens is 338 g/mol. The lowest BCUT2D eigenvalue weighted by molar-refractivity contribution is 0.263. The van der Waals surface area contributed by atoms with Gasteiger partial charge in [0.2, 0.25) is 0 Å². The number of hydrogen-bond acceptors (Lipinski definition) is 5. The van der Waals surface area contributed by atoms with Gasteiger partial charge in [-0.1, -0.05) is 20.8 Å². The minimum Gasteiger partial charge on any atom is -0.396 e. The zero-order valence-corrected chi connectivity index (χ0v) is 17.0. The molecule has 6 nitrogen and oxygen atoms in total. The molecule has 0 saturated carbocycles. The first-order chi connectivity index (χ1) is 12.9. The van der Waals surface area contributed by atoms with Gasteiger partial charge in [0.25, 0.3) is 0 Å². The summed E-state index contributed by atoms with van der Waals surface area (Å²) in [4.78, 5) is 14.6. The molecule has 144 valence electrons. The Hall–Kier alpha value is -2.47. The number of fused-ring (bicyclic) bond motifs is 1. The lowest BCUT2D eigenvalue weighted by Gasteiger charge is -2.14. The van der Waals surface area contributed by atoms with Gasteiger partial charge in [-0.3, -0.25) is 0 Å². The van der Waals surface area contributed by atoms with E-state index in [9.17, 15) is 5.11 Å². The molecule has 0 amide bonds. The molecule has 0 aliphatic carbocycles. The summed E-state index contributed by atoms with van der Waals surface area (Å²) in [7, 11) is 3.85. The molecule has 3 heterocycles. The topological polar surface area (TPSA) is 75.9 Å². The van der Waals surface area contributed by atoms with E-state index in [2.05, 4.69) is 38.2 Å². The van der Waals surface area contributed by atoms with Crippen LogP contribution in [-0.4, -0.2) is 38.3 Å². The van der Waals surface area contributed by atoms with E-state index in [1.807, 2.05) is 31.8 Å². The number of pyridine rings is 1. The van der Waals surface area contributed by atoms with Crippen molar-refractivity contribution in [3.05, 3.63) is 35.3 Å². The van der Waals surface area contributed by atoms with Gasteiger partial charge >= 0.3 is 0 Å². The van der Waals surface area contributed by atoms with Crippen LogP contribution in [0, 0.1) is 6.92 Å². The van der Waals surface area contributed by atoms with Crippen LogP contribution < -0.4 is 5.32 Å². The summed E-state index contributed by atoms with van der Waals surface area (Å²) in [6, 6.07) is 4.13. The van der Waals surface area contributed by atoms with Crippen molar-refractivity contribution in [2.45, 2.75) is 46.0 Å². The Balaban J connectivity index is 2.20. The number of nitrogens with one attached hydrogen (secondary N) is 1. The molecule has 0 fully saturated rings. The van der Waals surface area contributed by atoms with Crippen LogP contribution in [0.4, 0.5) is 5.82 Å². The average Bonchev–Trinajstić information content (AvgIpc) is 2.97. The number of hydrogen-bond donors (Lipinski definition) is 2. The predicted molar refractivity (Wildman–Crippen MR) is 110 cm³/mol. The first kappa shape index (κ1) is 19.3. The summed E-state index contributed by atoms with van der Waals surface area (Å²) >= 11 is 0. The van der Waals surface area contributed by atoms with E-state index in [1.54, 1.807) is 0 Å². The van der Waals surface area contributed by atoms with Gasteiger partial charge in [0.15, 0.2) is 5.65 Å². The second-order valence-electron chi connectivity index (χ2n) is 7.35. The molecule has 6 heteroatoms. The largest absolute Gasteiger partial charge is 0.396 e. The van der Waals surface area contributed by atoms with Crippen LogP contribution in [0.1, 0.15) is 56.0 Å². The molecule has 0 aliphatic heterocycles. The van der Waals surface area contributed by atoms with E-state index in [1.165, 1.54) is 0 Å². The number of aromatic nitrogens is 4. The molecule has 2 N–H and O–H groups in total. The van der Waals surface area contributed by atoms with Gasteiger partial charge in [-0.15, -0.1) is 0 Å². The second-order valence-corrected chi connectivity index (χ2v) is 7.35. The molecule has 1 atom stereocenters. The van der Waals surface area contributed by atoms with E-state index in [4.69, 9.17) is 15.0 Å². The average molecular weight is 367 g/mol. The number of aryl methyl sites for hydroxylation is 2. The molecule has 0 spiro atoms. The Morgan fingerprint density at radius 1 is 1.19 bits per heavy atom. The Kier molecular flexibility index (Phi) is 5.46. The fraction of sp³-hybridized carbons (Fsp3) is 0.476. The first-order valence-corrected chi connectivity index (χ1v) is 9.54. The van der Waals surface area contributed by atoms with Crippen molar-refractivity contribution in [2.24, 2.45) is 7.05 Å². The molecule has 27 heavy (non-hydrogen) atoms. The molecule has 3 rings (SSSR count). The molecular formula is C21H29N5O. The van der Waals surface area contributed by atoms with Gasteiger partial charge < -0.3 is 15.0 Å². The smallest absolute Gasteiger partial charge is 0.159 e. The molecule has 0 aliphatic rings. The Morgan fingerprint density at radius 3 is 2.52 bits per heavy atom. The van der Waals surface area contributed by atoms with Crippen LogP contribution in [-0.2, 0) is 7.05 Å². The maximum atomic E-state index is 9.72. The van der Waals surface area contributed by atoms with E-state index < -0.39 is 0 Å². The standard InChI is InChI=1S/C21H29N5O/c1-7-14(11-27)16-10-26(6)21-19(16)23-13(4)18(25-21)15-8-9-17(12(2)3)24-20(15)22-5/h8-10,12,14,27H,7,11H2,1-6H3,(H,22,24)/t14-/m0/s1. The second kappa shape index (κ2) is 7.64. The molecule has 0 radical (unpaired) electrons. The van der Waals surface area contributed by atoms with Gasteiger partial charge in [0.1, 0.15) is 11.3 Å². The van der Waals surface area contributed by atoms with Gasteiger partial charge in [-0.25, -0.2) is 15.0 Å². The summed E-state index contributed by atoms with van der Waals surface area (Å²) in [5.41, 5.74) is 6.44. The molecule has 0 aromatic carbocycles. The van der Waals surface area contributed by atoms with Crippen LogP contribution >= 0.6 is 0 Å². The van der Waals surface area contributed by atoms with Crippen molar-refractivity contribution >= 4 is 17.0 Å². The van der Waals surface area contributed by atoms with Gasteiger partial charge in [0.05, 0.1) is 18.0 Å². The quantitative estimate of drug-likeness (QED) is 0.689. The Morgan fingerprint density at radius 2 is 1.93 bits per heavy atom. The first-order valence-electron chi connectivity index (χ1n) is 9.54. The van der Waals surface area contributed by atoms with Gasteiger partial charge in [0, 0.05) is 43.0 Å². The summed E-state index contributed by atoms with van der Waals surface area (Å²) in [5, 5.41) is 12.9. The van der Waals surface area contributed by atoms with Crippen molar-refractivity contribution in [3.63, 3.8) is 0 Å². The van der Waals surface area contributed by atoms with E-state index in [0.717, 1.165) is 51.6 Å². The number of anilines is 1. The van der Waals surface area contributed by atoms with Crippen molar-refractivity contribution < 1.29 is 5.11 Å². The van der Waals surface area contributed by atoms with Crippen LogP contribution in [0.5, 0.6) is 0 Å². The minimum absolute atomic E-state index is 0.0770. The molecule has 3 aromatic rings. The highest BCUT2D eigenvalue weighted by Crippen LogP contribution is 2.33. The zero-order valence-electron chi connectivity index (χ0n) is 17.0. The third-order valence-corrected chi connectivity index (χ3v) is 5.15. The van der Waals surface area contributed by atoms with E-state index >= 15 is 0 Å². The monoisotopic (exact) mass is 367 g/mol. The SMILES string of the molecule is CC[C@@H](CO)c1cn(C)c2nc(-c3ccc(C(C)C)nc3NC)c(C)nc12. The summed E-state index contributed by atoms with van der Waals surface area (Å²) in [6.07, 6.45) is 2.90. The highest BCUT2D eigenvalue weighted by molar-refractivity contribution is 5.82. The minimum atomic E-state index is 0.0770. The third kappa shape index (κ3) is 3.41. The molecule has 0 bridgehead atoms. The lowest BCUT2D eigenvalue weighted by atomic mass is 9.99. The van der Waals surface area contributed by atoms with E-state index in [-0.39, 0.29) is 12.5 Å². The normalized spacial score (nSPS) is 12.7. The molecule has 0 saturated heterocycles. The fourth-order valence-corrected chi connectivity index (χ4v) is 3.46. The lowest BCUT2D eigenvalue weighted by Crippen LogP contribution is -2.05. The summed E-state index contributed by atoms with van der Waals surface area (Å²) in [5.74, 6) is 1.25. The highest BCUT2D eigenvalue weighted by Gasteiger charge is 2.20. The third-order valence-electron chi connectivity index (χ3n) is 5.15. The van der Waals surface area contributed by atoms with Crippen molar-refractivity contribution in [3.8, 4) is 11.3 Å². The summed E-state index contributed by atoms with van der Waals surface area (Å²) in [6.45, 7) is 8.44. The maximum absolute atomic E-state index is 9.72.